The number of aromatic nitrogens is 2. The fraction of sp³-hybridized carbons (Fsp3) is 0.211. The number of rotatable bonds is 2. The topological polar surface area (TPSA) is 49.3 Å². The van der Waals surface area contributed by atoms with Gasteiger partial charge >= 0.3 is 0 Å². The van der Waals surface area contributed by atoms with Crippen LogP contribution in [0, 0.1) is 0 Å². The van der Waals surface area contributed by atoms with Gasteiger partial charge in [0.2, 0.25) is 5.95 Å². The number of fused-ring (bicyclic) bond motifs is 1. The average Bonchev–Trinajstić information content (AvgIpc) is 2.92. The maximum Gasteiger partial charge on any atom is 0.253 e. The van der Waals surface area contributed by atoms with Crippen LogP contribution in [0.5, 0.6) is 0 Å². The van der Waals surface area contributed by atoms with Crippen molar-refractivity contribution in [3.8, 4) is 11.4 Å². The highest BCUT2D eigenvalue weighted by molar-refractivity contribution is 5.94. The molecule has 1 fully saturated rings. The van der Waals surface area contributed by atoms with Gasteiger partial charge in [0.25, 0.3) is 5.91 Å². The number of hydrogen-bond acceptors (Lipinski definition) is 4. The fourth-order valence-corrected chi connectivity index (χ4v) is 2.97. The molecule has 4 rings (SSSR count). The van der Waals surface area contributed by atoms with Crippen LogP contribution >= 0.6 is 0 Å². The van der Waals surface area contributed by atoms with Gasteiger partial charge in [-0.1, -0.05) is 36.4 Å². The molecule has 0 aromatic heterocycles. The van der Waals surface area contributed by atoms with Gasteiger partial charge in [0.15, 0.2) is 0 Å². The summed E-state index contributed by atoms with van der Waals surface area (Å²) >= 11 is 0. The molecule has 0 saturated carbocycles. The highest BCUT2D eigenvalue weighted by Gasteiger charge is 2.24. The molecule has 1 aromatic rings. The van der Waals surface area contributed by atoms with Crippen LogP contribution in [0.3, 0.4) is 0 Å². The van der Waals surface area contributed by atoms with Gasteiger partial charge < -0.3 is 9.80 Å². The maximum absolute atomic E-state index is 12.5. The van der Waals surface area contributed by atoms with Gasteiger partial charge in [0.05, 0.1) is 11.4 Å². The molecule has 120 valence electrons. The predicted molar refractivity (Wildman–Crippen MR) is 93.2 cm³/mol. The standard InChI is InChI=1S/C19H18N4O/c24-18(15-7-3-1-4-8-15)22-11-13-23(14-12-22)19-20-16-9-5-2-6-10-17(16)21-19/h1-10H,11-14H2. The molecule has 2 heterocycles. The molecule has 0 spiro atoms. The van der Waals surface area contributed by atoms with Gasteiger partial charge in [-0.25, -0.2) is 9.97 Å². The van der Waals surface area contributed by atoms with Crippen molar-refractivity contribution in [1.29, 1.82) is 0 Å². The second-order valence-electron chi connectivity index (χ2n) is 5.85. The Morgan fingerprint density at radius 1 is 0.750 bits per heavy atom. The monoisotopic (exact) mass is 318 g/mol. The summed E-state index contributed by atoms with van der Waals surface area (Å²) in [6.45, 7) is 2.88. The summed E-state index contributed by atoms with van der Waals surface area (Å²) in [6.07, 6.45) is 0. The number of carbonyl (C=O) groups is 1. The van der Waals surface area contributed by atoms with Gasteiger partial charge in [-0.2, -0.15) is 0 Å². The average molecular weight is 318 g/mol. The van der Waals surface area contributed by atoms with E-state index in [1.807, 2.05) is 65.6 Å². The Hall–Kier alpha value is -2.95. The largest absolute Gasteiger partial charge is 0.337 e. The molecule has 24 heavy (non-hydrogen) atoms. The minimum absolute atomic E-state index is 0.0934. The quantitative estimate of drug-likeness (QED) is 0.728. The molecule has 0 N–H and O–H groups in total. The molecule has 1 aromatic carbocycles. The molecule has 2 aliphatic heterocycles. The van der Waals surface area contributed by atoms with Crippen molar-refractivity contribution in [2.24, 2.45) is 0 Å². The number of hydrogen-bond donors (Lipinski definition) is 0. The molecular weight excluding hydrogens is 300 g/mol. The van der Waals surface area contributed by atoms with E-state index in [0.717, 1.165) is 36.0 Å². The third-order valence-electron chi connectivity index (χ3n) is 4.30. The van der Waals surface area contributed by atoms with E-state index in [2.05, 4.69) is 14.9 Å². The first-order valence-electron chi connectivity index (χ1n) is 8.13. The van der Waals surface area contributed by atoms with Gasteiger partial charge in [0, 0.05) is 31.7 Å². The molecule has 1 amide bonds. The molecule has 0 atom stereocenters. The van der Waals surface area contributed by atoms with Crippen molar-refractivity contribution in [3.05, 3.63) is 66.2 Å². The van der Waals surface area contributed by atoms with Gasteiger partial charge in [-0.3, -0.25) is 4.79 Å². The first-order valence-corrected chi connectivity index (χ1v) is 8.13. The number of nitrogens with zero attached hydrogens (tertiary/aromatic N) is 4. The van der Waals surface area contributed by atoms with Crippen LogP contribution in [0.1, 0.15) is 10.4 Å². The van der Waals surface area contributed by atoms with Crippen molar-refractivity contribution in [2.45, 2.75) is 0 Å². The van der Waals surface area contributed by atoms with Crippen LogP contribution in [-0.4, -0.2) is 47.0 Å². The predicted octanol–water partition coefficient (Wildman–Crippen LogP) is 2.54. The van der Waals surface area contributed by atoms with Gasteiger partial charge in [-0.15, -0.1) is 0 Å². The Morgan fingerprint density at radius 3 is 1.88 bits per heavy atom. The van der Waals surface area contributed by atoms with E-state index in [9.17, 15) is 4.79 Å². The third-order valence-corrected chi connectivity index (χ3v) is 4.30. The lowest BCUT2D eigenvalue weighted by Gasteiger charge is -2.34. The van der Waals surface area contributed by atoms with E-state index in [0.29, 0.717) is 13.1 Å². The van der Waals surface area contributed by atoms with Crippen LogP contribution in [0.25, 0.3) is 11.4 Å². The van der Waals surface area contributed by atoms with Crippen molar-refractivity contribution in [2.75, 3.05) is 31.1 Å². The maximum atomic E-state index is 12.5. The Kier molecular flexibility index (Phi) is 3.83. The summed E-state index contributed by atoms with van der Waals surface area (Å²) in [5.74, 6) is 0.846. The fourth-order valence-electron chi connectivity index (χ4n) is 2.97. The van der Waals surface area contributed by atoms with E-state index < -0.39 is 0 Å². The lowest BCUT2D eigenvalue weighted by atomic mass is 10.2. The minimum atomic E-state index is 0.0934. The Bertz CT molecular complexity index is 782. The number of anilines is 1. The molecule has 0 bridgehead atoms. The SMILES string of the molecule is O=C(c1ccccc1)N1CCN(c2nc3cccccc-3n2)CC1. The van der Waals surface area contributed by atoms with Crippen LogP contribution in [0.4, 0.5) is 5.95 Å². The molecule has 1 aliphatic carbocycles. The first kappa shape index (κ1) is 14.6. The van der Waals surface area contributed by atoms with Gasteiger partial charge in [-0.05, 0) is 24.3 Å². The molecule has 3 aliphatic rings. The van der Waals surface area contributed by atoms with Crippen molar-refractivity contribution >= 4 is 11.9 Å². The number of imidazole rings is 1. The summed E-state index contributed by atoms with van der Waals surface area (Å²) in [7, 11) is 0. The molecule has 0 radical (unpaired) electrons. The Balaban J connectivity index is 1.46. The summed E-state index contributed by atoms with van der Waals surface area (Å²) in [4.78, 5) is 25.8. The van der Waals surface area contributed by atoms with Crippen LogP contribution < -0.4 is 4.90 Å². The summed E-state index contributed by atoms with van der Waals surface area (Å²) < 4.78 is 0. The first-order chi connectivity index (χ1) is 11.8. The van der Waals surface area contributed by atoms with E-state index in [4.69, 9.17) is 0 Å². The lowest BCUT2D eigenvalue weighted by molar-refractivity contribution is 0.0746. The number of carbonyl (C=O) groups excluding carboxylic acids is 1. The van der Waals surface area contributed by atoms with E-state index in [1.165, 1.54) is 0 Å². The number of amides is 1. The lowest BCUT2D eigenvalue weighted by Crippen LogP contribution is -2.49. The third kappa shape index (κ3) is 2.80. The Morgan fingerprint density at radius 2 is 1.29 bits per heavy atom. The normalized spacial score (nSPS) is 14.8. The van der Waals surface area contributed by atoms with E-state index >= 15 is 0 Å². The van der Waals surface area contributed by atoms with Crippen molar-refractivity contribution in [3.63, 3.8) is 0 Å². The summed E-state index contributed by atoms with van der Waals surface area (Å²) in [5.41, 5.74) is 2.55. The Labute approximate surface area is 140 Å². The highest BCUT2D eigenvalue weighted by Crippen LogP contribution is 2.23. The van der Waals surface area contributed by atoms with Gasteiger partial charge in [0.1, 0.15) is 0 Å². The zero-order chi connectivity index (χ0) is 16.4. The number of benzene rings is 1. The van der Waals surface area contributed by atoms with E-state index in [-0.39, 0.29) is 5.91 Å². The van der Waals surface area contributed by atoms with Crippen LogP contribution in [0.15, 0.2) is 60.7 Å². The minimum Gasteiger partial charge on any atom is -0.337 e. The summed E-state index contributed by atoms with van der Waals surface area (Å²) in [6, 6.07) is 19.3. The summed E-state index contributed by atoms with van der Waals surface area (Å²) in [5, 5.41) is 0. The van der Waals surface area contributed by atoms with Crippen LogP contribution in [-0.2, 0) is 0 Å². The number of piperazine rings is 1. The molecular formula is C19H18N4O. The van der Waals surface area contributed by atoms with Crippen LogP contribution in [0.2, 0.25) is 0 Å². The van der Waals surface area contributed by atoms with Crippen molar-refractivity contribution in [1.82, 2.24) is 14.9 Å². The molecule has 5 nitrogen and oxygen atoms in total. The molecule has 0 unspecified atom stereocenters. The zero-order valence-electron chi connectivity index (χ0n) is 13.3. The molecule has 5 heteroatoms. The molecule has 1 saturated heterocycles. The second kappa shape index (κ2) is 6.28. The second-order valence-corrected chi connectivity index (χ2v) is 5.85. The smallest absolute Gasteiger partial charge is 0.253 e. The zero-order valence-corrected chi connectivity index (χ0v) is 13.3. The van der Waals surface area contributed by atoms with Crippen molar-refractivity contribution < 1.29 is 4.79 Å². The highest BCUT2D eigenvalue weighted by atomic mass is 16.2. The van der Waals surface area contributed by atoms with E-state index in [1.54, 1.807) is 0 Å².